The van der Waals surface area contributed by atoms with Crippen LogP contribution >= 0.6 is 0 Å². The normalized spacial score (nSPS) is 16.7. The second-order valence-electron chi connectivity index (χ2n) is 8.20. The molecule has 0 radical (unpaired) electrons. The van der Waals surface area contributed by atoms with Crippen LogP contribution in [0.1, 0.15) is 46.4 Å². The van der Waals surface area contributed by atoms with Crippen molar-refractivity contribution in [3.8, 4) is 5.69 Å². The Morgan fingerprint density at radius 2 is 1.81 bits per heavy atom. The van der Waals surface area contributed by atoms with Gasteiger partial charge in [-0.25, -0.2) is 13.8 Å². The molecule has 0 bridgehead atoms. The minimum Gasteiger partial charge on any atom is -0.268 e. The summed E-state index contributed by atoms with van der Waals surface area (Å²) in [5.41, 5.74) is 4.33. The number of rotatable bonds is 4. The van der Waals surface area contributed by atoms with Crippen molar-refractivity contribution < 1.29 is 17.6 Å². The van der Waals surface area contributed by atoms with Gasteiger partial charge in [0.05, 0.1) is 22.5 Å². The summed E-state index contributed by atoms with van der Waals surface area (Å²) in [4.78, 5) is 12.5. The van der Waals surface area contributed by atoms with E-state index >= 15 is 0 Å². The zero-order valence-corrected chi connectivity index (χ0v) is 18.0. The first kappa shape index (κ1) is 20.1. The largest absolute Gasteiger partial charge is 0.304 e. The topological polar surface area (TPSA) is 84.3 Å². The summed E-state index contributed by atoms with van der Waals surface area (Å²) < 4.78 is 44.1. The fraction of sp³-hybridized carbons (Fsp3) is 0.364. The van der Waals surface area contributed by atoms with Crippen molar-refractivity contribution in [3.05, 3.63) is 58.5 Å². The second-order valence-corrected chi connectivity index (χ2v) is 9.87. The van der Waals surface area contributed by atoms with E-state index < -0.39 is 21.9 Å². The molecule has 2 heterocycles. The van der Waals surface area contributed by atoms with Crippen molar-refractivity contribution in [2.75, 3.05) is 13.1 Å². The molecule has 162 valence electrons. The van der Waals surface area contributed by atoms with Crippen LogP contribution in [0.25, 0.3) is 16.6 Å². The lowest BCUT2D eigenvalue weighted by molar-refractivity contribution is 0.0974. The van der Waals surface area contributed by atoms with E-state index in [2.05, 4.69) is 17.2 Å². The average Bonchev–Trinajstić information content (AvgIpc) is 3.00. The van der Waals surface area contributed by atoms with Crippen molar-refractivity contribution >= 4 is 27.0 Å². The number of aromatic nitrogens is 2. The third-order valence-corrected chi connectivity index (χ3v) is 7.64. The average molecular weight is 443 g/mol. The fourth-order valence-electron chi connectivity index (χ4n) is 4.27. The quantitative estimate of drug-likeness (QED) is 0.673. The van der Waals surface area contributed by atoms with Crippen LogP contribution in [0.4, 0.5) is 4.39 Å². The van der Waals surface area contributed by atoms with Gasteiger partial charge in [-0.1, -0.05) is 6.07 Å². The maximum absolute atomic E-state index is 14.9. The van der Waals surface area contributed by atoms with E-state index in [9.17, 15) is 17.6 Å². The summed E-state index contributed by atoms with van der Waals surface area (Å²) >= 11 is 0. The van der Waals surface area contributed by atoms with Gasteiger partial charge in [0.1, 0.15) is 5.82 Å². The summed E-state index contributed by atoms with van der Waals surface area (Å²) in [7, 11) is -3.95. The second kappa shape index (κ2) is 7.42. The standard InChI is InChI=1S/C22H23FN4O3S/c1-14-18-12-19(22(28)25-31(29,30)26-9-4-10-26)20(23)13-21(18)27(24-14)17-8-7-15-5-2-3-6-16(15)11-17/h7-8,11-13H,2-6,9-10H2,1H3,(H,25,28). The summed E-state index contributed by atoms with van der Waals surface area (Å²) in [6.45, 7) is 2.50. The first-order chi connectivity index (χ1) is 14.8. The van der Waals surface area contributed by atoms with Gasteiger partial charge in [-0.2, -0.15) is 17.8 Å². The zero-order chi connectivity index (χ0) is 21.8. The summed E-state index contributed by atoms with van der Waals surface area (Å²) in [5.74, 6) is -1.77. The smallest absolute Gasteiger partial charge is 0.268 e. The lowest BCUT2D eigenvalue weighted by Crippen LogP contribution is -2.49. The minimum absolute atomic E-state index is 0.315. The number of nitrogens with one attached hydrogen (secondary N) is 1. The number of fused-ring (bicyclic) bond motifs is 2. The van der Waals surface area contributed by atoms with Crippen LogP contribution in [-0.2, 0) is 23.1 Å². The molecule has 0 unspecified atom stereocenters. The lowest BCUT2D eigenvalue weighted by Gasteiger charge is -2.29. The molecule has 1 amide bonds. The van der Waals surface area contributed by atoms with Crippen LogP contribution < -0.4 is 4.72 Å². The van der Waals surface area contributed by atoms with E-state index in [0.717, 1.165) is 35.7 Å². The number of aryl methyl sites for hydroxylation is 3. The molecule has 5 rings (SSSR count). The Hall–Kier alpha value is -2.78. The molecular formula is C22H23FN4O3S. The van der Waals surface area contributed by atoms with E-state index in [1.54, 1.807) is 11.6 Å². The highest BCUT2D eigenvalue weighted by Crippen LogP contribution is 2.28. The van der Waals surface area contributed by atoms with E-state index in [-0.39, 0.29) is 5.56 Å². The molecule has 0 atom stereocenters. The highest BCUT2D eigenvalue weighted by molar-refractivity contribution is 7.87. The summed E-state index contributed by atoms with van der Waals surface area (Å²) in [6, 6.07) is 8.81. The predicted octanol–water partition coefficient (Wildman–Crippen LogP) is 3.03. The zero-order valence-electron chi connectivity index (χ0n) is 17.2. The van der Waals surface area contributed by atoms with Gasteiger partial charge in [0, 0.05) is 24.5 Å². The van der Waals surface area contributed by atoms with E-state index in [4.69, 9.17) is 0 Å². The van der Waals surface area contributed by atoms with Crippen LogP contribution in [0, 0.1) is 12.7 Å². The summed E-state index contributed by atoms with van der Waals surface area (Å²) in [6.07, 6.45) is 5.19. The molecule has 1 saturated heterocycles. The molecule has 31 heavy (non-hydrogen) atoms. The fourth-order valence-corrected chi connectivity index (χ4v) is 5.48. The van der Waals surface area contributed by atoms with Crippen molar-refractivity contribution in [2.45, 2.75) is 39.0 Å². The first-order valence-corrected chi connectivity index (χ1v) is 11.9. The van der Waals surface area contributed by atoms with Gasteiger partial charge < -0.3 is 0 Å². The number of hydrogen-bond acceptors (Lipinski definition) is 4. The van der Waals surface area contributed by atoms with Gasteiger partial charge in [-0.3, -0.25) is 4.79 Å². The Balaban J connectivity index is 1.52. The molecular weight excluding hydrogens is 419 g/mol. The number of halogens is 1. The number of benzene rings is 2. The minimum atomic E-state index is -3.95. The van der Waals surface area contributed by atoms with Crippen molar-refractivity contribution in [1.29, 1.82) is 0 Å². The molecule has 2 aromatic carbocycles. The predicted molar refractivity (Wildman–Crippen MR) is 115 cm³/mol. The Bertz CT molecular complexity index is 1310. The molecule has 1 aromatic heterocycles. The molecule has 0 spiro atoms. The van der Waals surface area contributed by atoms with Gasteiger partial charge in [-0.05, 0) is 68.4 Å². The van der Waals surface area contributed by atoms with Crippen LogP contribution in [-0.4, -0.2) is 41.5 Å². The van der Waals surface area contributed by atoms with Crippen LogP contribution in [0.3, 0.4) is 0 Å². The van der Waals surface area contributed by atoms with Crippen molar-refractivity contribution in [1.82, 2.24) is 18.8 Å². The number of amides is 1. The van der Waals surface area contributed by atoms with Gasteiger partial charge >= 0.3 is 10.2 Å². The Labute approximate surface area is 180 Å². The Morgan fingerprint density at radius 1 is 1.06 bits per heavy atom. The summed E-state index contributed by atoms with van der Waals surface area (Å²) in [5, 5.41) is 5.17. The molecule has 2 aliphatic rings. The van der Waals surface area contributed by atoms with Crippen molar-refractivity contribution in [2.24, 2.45) is 0 Å². The van der Waals surface area contributed by atoms with Crippen molar-refractivity contribution in [3.63, 3.8) is 0 Å². The molecule has 1 N–H and O–H groups in total. The molecule has 0 saturated carbocycles. The van der Waals surface area contributed by atoms with Gasteiger partial charge in [0.25, 0.3) is 5.91 Å². The Kier molecular flexibility index (Phi) is 4.82. The monoisotopic (exact) mass is 442 g/mol. The highest BCUT2D eigenvalue weighted by Gasteiger charge is 2.30. The molecule has 1 aliphatic heterocycles. The molecule has 3 aromatic rings. The molecule has 9 heteroatoms. The lowest BCUT2D eigenvalue weighted by atomic mass is 9.91. The van der Waals surface area contributed by atoms with E-state index in [1.807, 2.05) is 10.8 Å². The van der Waals surface area contributed by atoms with Crippen LogP contribution in [0.2, 0.25) is 0 Å². The van der Waals surface area contributed by atoms with E-state index in [0.29, 0.717) is 29.7 Å². The SMILES string of the molecule is Cc1nn(-c2ccc3c(c2)CCCC3)c2cc(F)c(C(=O)NS(=O)(=O)N3CCC3)cc12. The maximum Gasteiger partial charge on any atom is 0.304 e. The number of nitrogens with zero attached hydrogens (tertiary/aromatic N) is 3. The van der Waals surface area contributed by atoms with E-state index in [1.165, 1.54) is 29.7 Å². The van der Waals surface area contributed by atoms with Gasteiger partial charge in [-0.15, -0.1) is 0 Å². The van der Waals surface area contributed by atoms with Crippen LogP contribution in [0.5, 0.6) is 0 Å². The van der Waals surface area contributed by atoms with Crippen LogP contribution in [0.15, 0.2) is 30.3 Å². The Morgan fingerprint density at radius 3 is 2.52 bits per heavy atom. The maximum atomic E-state index is 14.9. The molecule has 1 fully saturated rings. The molecule has 1 aliphatic carbocycles. The van der Waals surface area contributed by atoms with Gasteiger partial charge in [0.15, 0.2) is 0 Å². The number of hydrogen-bond donors (Lipinski definition) is 1. The third kappa shape index (κ3) is 3.51. The highest BCUT2D eigenvalue weighted by atomic mass is 32.2. The van der Waals surface area contributed by atoms with Gasteiger partial charge in [0.2, 0.25) is 0 Å². The number of carbonyl (C=O) groups is 1. The number of carbonyl (C=O) groups excluding carboxylic acids is 1. The first-order valence-electron chi connectivity index (χ1n) is 10.5. The third-order valence-electron chi connectivity index (χ3n) is 6.15. The molecule has 7 nitrogen and oxygen atoms in total.